The Balaban J connectivity index is 1.15. The van der Waals surface area contributed by atoms with E-state index in [2.05, 4.69) is 46.2 Å². The molecule has 0 saturated carbocycles. The van der Waals surface area contributed by atoms with Gasteiger partial charge in [-0.3, -0.25) is 33.8 Å². The van der Waals surface area contributed by atoms with E-state index in [9.17, 15) is 33.9 Å². The number of amides is 6. The predicted octanol–water partition coefficient (Wildman–Crippen LogP) is 7.35. The van der Waals surface area contributed by atoms with Gasteiger partial charge < -0.3 is 31.1 Å². The van der Waals surface area contributed by atoms with Crippen LogP contribution < -0.4 is 27.1 Å². The molecule has 8 aromatic rings. The molecule has 78 heavy (non-hydrogen) atoms. The molecule has 4 atom stereocenters. The Labute approximate surface area is 466 Å². The summed E-state index contributed by atoms with van der Waals surface area (Å²) in [7, 11) is 2.89. The number of aliphatic hydroxyl groups excluding tert-OH is 1. The van der Waals surface area contributed by atoms with Crippen molar-refractivity contribution in [1.82, 2.24) is 61.2 Å². The van der Waals surface area contributed by atoms with Gasteiger partial charge >= 0.3 is 0 Å². The number of hydrazine groups is 1. The number of benzene rings is 1. The number of nitrogens with zero attached hydrogens (tertiary/aromatic N) is 11. The SMILES string of the molecule is CNC(=O)C[C@H]1c2nc(c(C)s2)C(=O)N[C@@H](C(C)C)c2nc(c(COC)s2)C(=O)NCC(=O)N[C@@H]([C@@H](O)c2ccccc2)c2nc(cs2)-c2nc(cs2)-c2nc(-c3nc(C(=O)N=[N+]=[N-])cs3)ccc2-c2nc(cs2)C(=O)N1N. The molecule has 24 nitrogen and oxygen atoms in total. The number of nitrogens with two attached hydrogens (primary N) is 1. The zero-order valence-corrected chi connectivity index (χ0v) is 46.5. The lowest BCUT2D eigenvalue weighted by molar-refractivity contribution is -0.122. The highest BCUT2D eigenvalue weighted by molar-refractivity contribution is 7.15. The molecule has 400 valence electrons. The van der Waals surface area contributed by atoms with Crippen LogP contribution in [0, 0.1) is 12.8 Å². The van der Waals surface area contributed by atoms with Crippen LogP contribution in [-0.4, -0.2) is 101 Å². The number of aliphatic hydroxyl groups is 1. The van der Waals surface area contributed by atoms with Crippen molar-refractivity contribution in [2.45, 2.75) is 58.0 Å². The molecule has 0 radical (unpaired) electrons. The number of ether oxygens (including phenoxy) is 1. The van der Waals surface area contributed by atoms with Crippen molar-refractivity contribution < 1.29 is 38.6 Å². The van der Waals surface area contributed by atoms with Gasteiger partial charge in [0.2, 0.25) is 11.8 Å². The second kappa shape index (κ2) is 23.9. The first-order valence-corrected chi connectivity index (χ1v) is 28.5. The number of fused-ring (bicyclic) bond motifs is 14. The summed E-state index contributed by atoms with van der Waals surface area (Å²) in [6.07, 6.45) is -1.61. The summed E-state index contributed by atoms with van der Waals surface area (Å²) < 4.78 is 5.43. The van der Waals surface area contributed by atoms with Crippen molar-refractivity contribution in [3.8, 4) is 43.4 Å². The lowest BCUT2D eigenvalue weighted by Crippen LogP contribution is -2.42. The van der Waals surface area contributed by atoms with Gasteiger partial charge in [0.25, 0.3) is 23.6 Å². The molecule has 8 heterocycles. The highest BCUT2D eigenvalue weighted by atomic mass is 32.1. The van der Waals surface area contributed by atoms with Gasteiger partial charge in [-0.05, 0) is 41.2 Å². The Hall–Kier alpha value is -7.64. The van der Waals surface area contributed by atoms with E-state index in [0.29, 0.717) is 68.7 Å². The minimum absolute atomic E-state index is 0.00966. The van der Waals surface area contributed by atoms with Gasteiger partial charge in [0, 0.05) is 51.0 Å². The fourth-order valence-corrected chi connectivity index (χ4v) is 13.5. The van der Waals surface area contributed by atoms with Crippen molar-refractivity contribution in [2.75, 3.05) is 20.7 Å². The lowest BCUT2D eigenvalue weighted by Gasteiger charge is -2.24. The van der Waals surface area contributed by atoms with Gasteiger partial charge in [0.1, 0.15) is 88.1 Å². The quantitative estimate of drug-likeness (QED) is 0.0270. The van der Waals surface area contributed by atoms with Crippen LogP contribution in [0.15, 0.2) is 69.1 Å². The number of hydrogen-bond donors (Lipinski definition) is 6. The van der Waals surface area contributed by atoms with Crippen LogP contribution in [0.5, 0.6) is 0 Å². The molecular formula is C48H44N16O8S6. The molecule has 1 aliphatic rings. The molecule has 7 N–H and O–H groups in total. The van der Waals surface area contributed by atoms with Crippen molar-refractivity contribution in [3.05, 3.63) is 128 Å². The number of aryl methyl sites for hydroxylation is 1. The number of carbonyl (C=O) groups excluding carboxylic acids is 6. The van der Waals surface area contributed by atoms with Gasteiger partial charge in [0.15, 0.2) is 0 Å². The topological polar surface area (TPSA) is 348 Å². The molecule has 1 aromatic carbocycles. The monoisotopic (exact) mass is 1160 g/mol. The first-order chi connectivity index (χ1) is 37.5. The van der Waals surface area contributed by atoms with Crippen LogP contribution in [0.1, 0.15) is 117 Å². The molecule has 0 unspecified atom stereocenters. The van der Waals surface area contributed by atoms with Crippen LogP contribution in [-0.2, 0) is 20.9 Å². The maximum atomic E-state index is 14.4. The minimum atomic E-state index is -1.29. The van der Waals surface area contributed by atoms with Crippen LogP contribution >= 0.6 is 68.0 Å². The maximum Gasteiger partial charge on any atom is 0.287 e. The number of azide groups is 1. The third-order valence-electron chi connectivity index (χ3n) is 11.8. The second-order valence-corrected chi connectivity index (χ2v) is 23.2. The van der Waals surface area contributed by atoms with Gasteiger partial charge in [-0.15, -0.1) is 68.0 Å². The zero-order chi connectivity index (χ0) is 55.4. The fraction of sp³-hybridized carbons (Fsp3) is 0.271. The van der Waals surface area contributed by atoms with Gasteiger partial charge in [-0.25, -0.2) is 40.7 Å². The summed E-state index contributed by atoms with van der Waals surface area (Å²) >= 11 is 6.83. The predicted molar refractivity (Wildman–Crippen MR) is 293 cm³/mol. The summed E-state index contributed by atoms with van der Waals surface area (Å²) in [5.41, 5.74) is 11.0. The Bertz CT molecular complexity index is 3640. The Morgan fingerprint density at radius 1 is 0.808 bits per heavy atom. The number of rotatable bonds is 9. The number of pyridine rings is 1. The highest BCUT2D eigenvalue weighted by Crippen LogP contribution is 2.40. The van der Waals surface area contributed by atoms with Crippen molar-refractivity contribution >= 4 is 103 Å². The van der Waals surface area contributed by atoms with Crippen LogP contribution in [0.4, 0.5) is 0 Å². The molecule has 0 saturated heterocycles. The number of carbonyl (C=O) groups is 6. The number of aromatic nitrogens is 7. The van der Waals surface area contributed by atoms with Crippen LogP contribution in [0.3, 0.4) is 0 Å². The highest BCUT2D eigenvalue weighted by Gasteiger charge is 2.35. The average molecular weight is 1170 g/mol. The molecular weight excluding hydrogens is 1120 g/mol. The number of hydrogen-bond acceptors (Lipinski definition) is 22. The molecule has 0 spiro atoms. The second-order valence-electron chi connectivity index (χ2n) is 17.4. The van der Waals surface area contributed by atoms with E-state index in [1.54, 1.807) is 60.1 Å². The zero-order valence-electron chi connectivity index (χ0n) is 41.6. The van der Waals surface area contributed by atoms with E-state index >= 15 is 0 Å². The number of nitrogens with one attached hydrogen (secondary N) is 4. The molecule has 9 rings (SSSR count). The van der Waals surface area contributed by atoms with Gasteiger partial charge in [0.05, 0.1) is 36.2 Å². The Kier molecular flexibility index (Phi) is 16.9. The van der Waals surface area contributed by atoms with Crippen molar-refractivity contribution in [3.63, 3.8) is 0 Å². The minimum Gasteiger partial charge on any atom is -0.386 e. The van der Waals surface area contributed by atoms with E-state index in [1.165, 1.54) is 47.6 Å². The van der Waals surface area contributed by atoms with Gasteiger partial charge in [-0.2, -0.15) is 0 Å². The fourth-order valence-electron chi connectivity index (χ4n) is 7.90. The summed E-state index contributed by atoms with van der Waals surface area (Å²) in [4.78, 5) is 119. The molecule has 10 bridgehead atoms. The third-order valence-corrected chi connectivity index (χ3v) is 17.5. The maximum absolute atomic E-state index is 14.4. The number of thiazole rings is 6. The summed E-state index contributed by atoms with van der Waals surface area (Å²) in [6, 6.07) is 9.05. The van der Waals surface area contributed by atoms with Gasteiger partial charge in [-0.1, -0.05) is 44.2 Å². The van der Waals surface area contributed by atoms with E-state index in [-0.39, 0.29) is 46.7 Å². The standard InChI is InChI=1S/C48H44N16O8S6/c1-20(2)33-47-61-36(30(78-47)15-72-5)40(69)52-14-32(66)58-37(38(67)22-9-7-6-8-10-22)46-56-27(18-76-46)44-54-25(16-74-44)35-23(11-12-24(53-35)43-55-26(17-75-43)39(68)62-63-49)42-57-28(19-73-42)48(71)64(50)29(13-31(65)51-4)45-60-34(21(3)77-45)41(70)59-33/h6-12,16-20,29,33,37-38,67H,13-15,50H2,1-5H3,(H,51,65)(H,52,69)(H,58,66)(H,59,70)/t29-,33-,37-,38-/m0/s1. The molecule has 7 aromatic heterocycles. The first-order valence-electron chi connectivity index (χ1n) is 23.4. The van der Waals surface area contributed by atoms with Crippen LogP contribution in [0.2, 0.25) is 0 Å². The third kappa shape index (κ3) is 11.8. The molecule has 30 heteroatoms. The normalized spacial score (nSPS) is 16.7. The lowest BCUT2D eigenvalue weighted by atomic mass is 10.0. The summed E-state index contributed by atoms with van der Waals surface area (Å²) in [5.74, 6) is 2.34. The average Bonchev–Trinajstić information content (AvgIpc) is 4.33. The van der Waals surface area contributed by atoms with E-state index in [1.807, 2.05) is 13.8 Å². The first kappa shape index (κ1) is 55.1. The smallest absolute Gasteiger partial charge is 0.287 e. The van der Waals surface area contributed by atoms with Crippen molar-refractivity contribution in [2.24, 2.45) is 16.9 Å². The summed E-state index contributed by atoms with van der Waals surface area (Å²) in [5, 5.41) is 35.3. The molecule has 1 aliphatic heterocycles. The van der Waals surface area contributed by atoms with E-state index < -0.39 is 66.2 Å². The van der Waals surface area contributed by atoms with Crippen LogP contribution in [0.25, 0.3) is 53.8 Å². The van der Waals surface area contributed by atoms with E-state index in [0.717, 1.165) is 50.4 Å². The molecule has 6 amide bonds. The largest absolute Gasteiger partial charge is 0.386 e. The summed E-state index contributed by atoms with van der Waals surface area (Å²) in [6.45, 7) is 4.87. The van der Waals surface area contributed by atoms with Crippen molar-refractivity contribution in [1.29, 1.82) is 0 Å². The number of methoxy groups -OCH3 is 1. The Morgan fingerprint density at radius 2 is 1.51 bits per heavy atom. The van der Waals surface area contributed by atoms with E-state index in [4.69, 9.17) is 36.0 Å². The molecule has 0 aliphatic carbocycles. The molecule has 0 fully saturated rings. The Morgan fingerprint density at radius 3 is 2.26 bits per heavy atom.